The second kappa shape index (κ2) is 5.24. The molecule has 2 saturated heterocycles. The molecule has 1 N–H and O–H groups in total. The molecule has 0 spiro atoms. The Morgan fingerprint density at radius 2 is 1.91 bits per heavy atom. The van der Waals surface area contributed by atoms with Gasteiger partial charge in [-0.25, -0.2) is 8.42 Å². The van der Waals surface area contributed by atoms with E-state index in [4.69, 9.17) is 0 Å². The van der Waals surface area contributed by atoms with Crippen molar-refractivity contribution < 1.29 is 18.3 Å². The molecule has 2 fully saturated rings. The lowest BCUT2D eigenvalue weighted by Crippen LogP contribution is -2.59. The molecule has 2 heterocycles. The highest BCUT2D eigenvalue weighted by molar-refractivity contribution is 7.91. The molecule has 2 atom stereocenters. The number of rotatable bonds is 1. The highest BCUT2D eigenvalue weighted by atomic mass is 32.2. The number of hydrogen-bond acceptors (Lipinski definition) is 5. The fourth-order valence-electron chi connectivity index (χ4n) is 3.36. The third-order valence-electron chi connectivity index (χ3n) is 4.60. The van der Waals surface area contributed by atoms with Crippen molar-refractivity contribution in [2.75, 3.05) is 31.6 Å². The number of amides is 1. The van der Waals surface area contributed by atoms with E-state index in [1.807, 2.05) is 18.9 Å². The molecule has 0 bridgehead atoms. The van der Waals surface area contributed by atoms with Crippen LogP contribution in [-0.4, -0.2) is 73.0 Å². The lowest BCUT2D eigenvalue weighted by molar-refractivity contribution is 0.0407. The molecule has 2 aliphatic heterocycles. The Morgan fingerprint density at radius 3 is 2.59 bits per heavy atom. The van der Waals surface area contributed by atoms with Crippen molar-refractivity contribution in [1.29, 1.82) is 0 Å². The number of phenols is 1. The predicted molar refractivity (Wildman–Crippen MR) is 82.7 cm³/mol. The van der Waals surface area contributed by atoms with Gasteiger partial charge in [-0.2, -0.15) is 0 Å². The maximum Gasteiger partial charge on any atom is 0.257 e. The Hall–Kier alpha value is -1.60. The molecule has 0 aliphatic carbocycles. The fraction of sp³-hybridized carbons (Fsp3) is 0.533. The highest BCUT2D eigenvalue weighted by Crippen LogP contribution is 2.29. The number of benzene rings is 1. The van der Waals surface area contributed by atoms with E-state index in [-0.39, 0.29) is 40.8 Å². The van der Waals surface area contributed by atoms with Crippen LogP contribution in [0.25, 0.3) is 0 Å². The van der Waals surface area contributed by atoms with Crippen LogP contribution < -0.4 is 0 Å². The van der Waals surface area contributed by atoms with E-state index in [0.29, 0.717) is 13.1 Å². The first kappa shape index (κ1) is 15.3. The quantitative estimate of drug-likeness (QED) is 0.801. The van der Waals surface area contributed by atoms with Gasteiger partial charge in [0.25, 0.3) is 5.91 Å². The molecule has 1 aromatic carbocycles. The van der Waals surface area contributed by atoms with Gasteiger partial charge in [0.2, 0.25) is 0 Å². The van der Waals surface area contributed by atoms with E-state index in [1.165, 1.54) is 0 Å². The van der Waals surface area contributed by atoms with Gasteiger partial charge in [-0.3, -0.25) is 9.69 Å². The third kappa shape index (κ3) is 2.59. The Bertz CT molecular complexity index is 716. The van der Waals surface area contributed by atoms with Crippen LogP contribution in [0.1, 0.15) is 15.9 Å². The largest absolute Gasteiger partial charge is 0.507 e. The van der Waals surface area contributed by atoms with Crippen molar-refractivity contribution in [2.24, 2.45) is 0 Å². The minimum absolute atomic E-state index is 0.000367. The monoisotopic (exact) mass is 324 g/mol. The molecular weight excluding hydrogens is 304 g/mol. The standard InChI is InChI=1S/C15H20N2O4S/c1-10-3-4-11(14(18)7-10)15(19)17-6-5-16(2)12-8-22(20,21)9-13(12)17/h3-4,7,12-13,18H,5-6,8-9H2,1-2H3. The van der Waals surface area contributed by atoms with Crippen LogP contribution in [0.3, 0.4) is 0 Å². The summed E-state index contributed by atoms with van der Waals surface area (Å²) in [6.45, 7) is 2.94. The smallest absolute Gasteiger partial charge is 0.257 e. The summed E-state index contributed by atoms with van der Waals surface area (Å²) in [4.78, 5) is 16.4. The van der Waals surface area contributed by atoms with Crippen molar-refractivity contribution in [3.63, 3.8) is 0 Å². The first-order valence-corrected chi connectivity index (χ1v) is 9.12. The molecule has 1 amide bonds. The Kier molecular flexibility index (Phi) is 3.65. The minimum atomic E-state index is -3.13. The number of piperazine rings is 1. The van der Waals surface area contributed by atoms with Gasteiger partial charge in [-0.1, -0.05) is 6.07 Å². The number of phenolic OH excluding ortho intramolecular Hbond substituents is 1. The molecular formula is C15H20N2O4S. The maximum atomic E-state index is 12.7. The second-order valence-corrected chi connectivity index (χ2v) is 8.37. The molecule has 0 aromatic heterocycles. The number of hydrogen-bond donors (Lipinski definition) is 1. The zero-order chi connectivity index (χ0) is 16.1. The number of likely N-dealkylation sites (N-methyl/N-ethyl adjacent to an activating group) is 1. The van der Waals surface area contributed by atoms with E-state index in [1.54, 1.807) is 23.1 Å². The van der Waals surface area contributed by atoms with Crippen molar-refractivity contribution >= 4 is 15.7 Å². The van der Waals surface area contributed by atoms with Gasteiger partial charge < -0.3 is 10.0 Å². The number of fused-ring (bicyclic) bond motifs is 1. The Morgan fingerprint density at radius 1 is 1.23 bits per heavy atom. The molecule has 1 aromatic rings. The summed E-state index contributed by atoms with van der Waals surface area (Å²) in [5, 5.41) is 10.0. The molecule has 2 aliphatic rings. The average molecular weight is 324 g/mol. The van der Waals surface area contributed by atoms with Gasteiger partial charge in [0.15, 0.2) is 9.84 Å². The van der Waals surface area contributed by atoms with E-state index in [0.717, 1.165) is 5.56 Å². The minimum Gasteiger partial charge on any atom is -0.507 e. The highest BCUT2D eigenvalue weighted by Gasteiger charge is 2.47. The van der Waals surface area contributed by atoms with Gasteiger partial charge >= 0.3 is 0 Å². The molecule has 7 heteroatoms. The number of aromatic hydroxyl groups is 1. The van der Waals surface area contributed by atoms with E-state index in [9.17, 15) is 18.3 Å². The summed E-state index contributed by atoms with van der Waals surface area (Å²) in [6, 6.07) is 4.43. The van der Waals surface area contributed by atoms with Gasteiger partial charge in [0.1, 0.15) is 5.75 Å². The van der Waals surface area contributed by atoms with Crippen LogP contribution in [0.4, 0.5) is 0 Å². The zero-order valence-corrected chi connectivity index (χ0v) is 13.5. The van der Waals surface area contributed by atoms with Gasteiger partial charge in [0, 0.05) is 19.1 Å². The SMILES string of the molecule is Cc1ccc(C(=O)N2CCN(C)C3CS(=O)(=O)CC32)c(O)c1. The summed E-state index contributed by atoms with van der Waals surface area (Å²) in [6.07, 6.45) is 0. The van der Waals surface area contributed by atoms with Gasteiger partial charge in [0.05, 0.1) is 23.1 Å². The van der Waals surface area contributed by atoms with Crippen molar-refractivity contribution in [3.05, 3.63) is 29.3 Å². The topological polar surface area (TPSA) is 77.9 Å². The van der Waals surface area contributed by atoms with E-state index >= 15 is 0 Å². The average Bonchev–Trinajstić information content (AvgIpc) is 2.75. The normalized spacial score (nSPS) is 27.6. The van der Waals surface area contributed by atoms with Gasteiger partial charge in [-0.15, -0.1) is 0 Å². The van der Waals surface area contributed by atoms with Crippen molar-refractivity contribution in [2.45, 2.75) is 19.0 Å². The summed E-state index contributed by atoms with van der Waals surface area (Å²) in [5.74, 6) is -0.253. The van der Waals surface area contributed by atoms with E-state index < -0.39 is 9.84 Å². The molecule has 0 saturated carbocycles. The third-order valence-corrected chi connectivity index (χ3v) is 6.30. The van der Waals surface area contributed by atoms with Crippen molar-refractivity contribution in [3.8, 4) is 5.75 Å². The molecule has 2 unspecified atom stereocenters. The Balaban J connectivity index is 1.92. The van der Waals surface area contributed by atoms with Crippen LogP contribution in [-0.2, 0) is 9.84 Å². The summed E-state index contributed by atoms with van der Waals surface area (Å²) in [7, 11) is -1.23. The molecule has 0 radical (unpaired) electrons. The molecule has 120 valence electrons. The maximum absolute atomic E-state index is 12.7. The number of carbonyl (C=O) groups is 1. The van der Waals surface area contributed by atoms with Crippen LogP contribution in [0.2, 0.25) is 0 Å². The molecule has 22 heavy (non-hydrogen) atoms. The molecule has 6 nitrogen and oxygen atoms in total. The number of aryl methyl sites for hydroxylation is 1. The van der Waals surface area contributed by atoms with Crippen LogP contribution >= 0.6 is 0 Å². The first-order valence-electron chi connectivity index (χ1n) is 7.30. The van der Waals surface area contributed by atoms with Gasteiger partial charge in [-0.05, 0) is 31.7 Å². The number of nitrogens with zero attached hydrogens (tertiary/aromatic N) is 2. The molecule has 3 rings (SSSR count). The van der Waals surface area contributed by atoms with Crippen LogP contribution in [0, 0.1) is 6.92 Å². The van der Waals surface area contributed by atoms with Crippen LogP contribution in [0.5, 0.6) is 5.75 Å². The van der Waals surface area contributed by atoms with Crippen molar-refractivity contribution in [1.82, 2.24) is 9.80 Å². The Labute approximate surface area is 130 Å². The summed E-state index contributed by atoms with van der Waals surface area (Å²) < 4.78 is 23.9. The van der Waals surface area contributed by atoms with E-state index in [2.05, 4.69) is 0 Å². The lowest BCUT2D eigenvalue weighted by atomic mass is 10.0. The predicted octanol–water partition coefficient (Wildman–Crippen LogP) is 0.254. The number of carbonyl (C=O) groups excluding carboxylic acids is 1. The summed E-state index contributed by atoms with van der Waals surface area (Å²) >= 11 is 0. The lowest BCUT2D eigenvalue weighted by Gasteiger charge is -2.42. The number of sulfone groups is 1. The first-order chi connectivity index (χ1) is 10.3. The van der Waals surface area contributed by atoms with Crippen LogP contribution in [0.15, 0.2) is 18.2 Å². The second-order valence-electron chi connectivity index (χ2n) is 6.21. The zero-order valence-electron chi connectivity index (χ0n) is 12.7. The fourth-order valence-corrected chi connectivity index (χ4v) is 5.41. The summed E-state index contributed by atoms with van der Waals surface area (Å²) in [5.41, 5.74) is 1.10.